The number of carbonyl (C=O) groups excluding carboxylic acids is 1. The van der Waals surface area contributed by atoms with Crippen LogP contribution in [0.15, 0.2) is 48.5 Å². The van der Waals surface area contributed by atoms with Gasteiger partial charge in [0.05, 0.1) is 11.1 Å². The highest BCUT2D eigenvalue weighted by atomic mass is 19.4. The Hall–Kier alpha value is -2.59. The van der Waals surface area contributed by atoms with Gasteiger partial charge in [0.15, 0.2) is 0 Å². The predicted molar refractivity (Wildman–Crippen MR) is 121 cm³/mol. The van der Waals surface area contributed by atoms with Crippen LogP contribution in [-0.2, 0) is 23.6 Å². The third kappa shape index (κ3) is 6.98. The number of benzene rings is 2. The van der Waals surface area contributed by atoms with Crippen LogP contribution in [0.1, 0.15) is 35.2 Å². The summed E-state index contributed by atoms with van der Waals surface area (Å²) in [6.45, 7) is 5.93. The number of hydrogen-bond acceptors (Lipinski definition) is 3. The Morgan fingerprint density at radius 3 is 1.94 bits per heavy atom. The topological polar surface area (TPSA) is 26.8 Å². The quantitative estimate of drug-likeness (QED) is 0.494. The van der Waals surface area contributed by atoms with E-state index in [1.54, 1.807) is 0 Å². The second-order valence-corrected chi connectivity index (χ2v) is 8.71. The van der Waals surface area contributed by atoms with Crippen LogP contribution in [-0.4, -0.2) is 66.9 Å². The fourth-order valence-electron chi connectivity index (χ4n) is 4.26. The van der Waals surface area contributed by atoms with Crippen LogP contribution in [0.2, 0.25) is 0 Å². The van der Waals surface area contributed by atoms with Crippen LogP contribution in [0.5, 0.6) is 0 Å². The third-order valence-electron chi connectivity index (χ3n) is 6.33. The molecular weight excluding hydrogens is 472 g/mol. The summed E-state index contributed by atoms with van der Waals surface area (Å²) in [6.07, 6.45) is -9.95. The van der Waals surface area contributed by atoms with Crippen molar-refractivity contribution in [1.82, 2.24) is 14.7 Å². The lowest BCUT2D eigenvalue weighted by molar-refractivity contribution is -0.143. The number of nitrogens with zero attached hydrogens (tertiary/aromatic N) is 3. The molecule has 192 valence electrons. The molecule has 0 bridgehead atoms. The molecular formula is C25H29F6N3O. The maximum atomic E-state index is 13.5. The van der Waals surface area contributed by atoms with Crippen molar-refractivity contribution in [1.29, 1.82) is 0 Å². The Kier molecular flexibility index (Phi) is 8.48. The maximum Gasteiger partial charge on any atom is 0.416 e. The van der Waals surface area contributed by atoms with Crippen molar-refractivity contribution in [3.63, 3.8) is 0 Å². The zero-order valence-electron chi connectivity index (χ0n) is 19.7. The van der Waals surface area contributed by atoms with E-state index in [-0.39, 0.29) is 30.5 Å². The van der Waals surface area contributed by atoms with Gasteiger partial charge in [-0.05, 0) is 42.3 Å². The van der Waals surface area contributed by atoms with Crippen LogP contribution in [0.4, 0.5) is 26.3 Å². The zero-order valence-corrected chi connectivity index (χ0v) is 19.7. The number of amides is 1. The molecule has 1 atom stereocenters. The van der Waals surface area contributed by atoms with Gasteiger partial charge in [0.2, 0.25) is 5.91 Å². The third-order valence-corrected chi connectivity index (χ3v) is 6.33. The fourth-order valence-corrected chi connectivity index (χ4v) is 4.26. The number of piperazine rings is 1. The van der Waals surface area contributed by atoms with E-state index >= 15 is 0 Å². The molecule has 1 saturated heterocycles. The van der Waals surface area contributed by atoms with Gasteiger partial charge in [0.1, 0.15) is 6.04 Å². The summed E-state index contributed by atoms with van der Waals surface area (Å²) in [5.74, 6) is -0.246. The smallest absolute Gasteiger partial charge is 0.344 e. The molecule has 0 saturated carbocycles. The summed E-state index contributed by atoms with van der Waals surface area (Å²) in [5.41, 5.74) is -2.04. The molecule has 0 aromatic heterocycles. The van der Waals surface area contributed by atoms with Gasteiger partial charge in [-0.2, -0.15) is 26.3 Å². The van der Waals surface area contributed by atoms with Crippen LogP contribution in [0.25, 0.3) is 0 Å². The molecule has 0 spiro atoms. The van der Waals surface area contributed by atoms with Gasteiger partial charge >= 0.3 is 12.4 Å². The van der Waals surface area contributed by atoms with Crippen LogP contribution >= 0.6 is 0 Å². The van der Waals surface area contributed by atoms with E-state index in [0.717, 1.165) is 25.2 Å². The summed E-state index contributed by atoms with van der Waals surface area (Å²) in [4.78, 5) is 19.2. The molecule has 4 nitrogen and oxygen atoms in total. The number of hydrogen-bond donors (Lipinski definition) is 0. The van der Waals surface area contributed by atoms with Crippen molar-refractivity contribution in [2.24, 2.45) is 0 Å². The van der Waals surface area contributed by atoms with Crippen molar-refractivity contribution < 1.29 is 31.1 Å². The summed E-state index contributed by atoms with van der Waals surface area (Å²) in [6, 6.07) is 10.2. The standard InChI is InChI=1S/C25H29F6N3O/c1-3-33-11-13-34(14-12-33)22(19-7-5-4-6-8-19)23(35)32(2)10-9-18-15-20(24(26,27)28)17-21(16-18)25(29,30)31/h4-8,15-17,22H,3,9-14H2,1-2H3. The molecule has 2 aromatic carbocycles. The molecule has 1 heterocycles. The largest absolute Gasteiger partial charge is 0.416 e. The van der Waals surface area contributed by atoms with Crippen molar-refractivity contribution in [3.05, 3.63) is 70.8 Å². The average molecular weight is 502 g/mol. The Balaban J connectivity index is 1.79. The SMILES string of the molecule is CCN1CCN(C(C(=O)N(C)CCc2cc(C(F)(F)F)cc(C(F)(F)F)c2)c2ccccc2)CC1. The minimum atomic E-state index is -4.91. The van der Waals surface area contributed by atoms with Crippen LogP contribution < -0.4 is 0 Å². The number of alkyl halides is 6. The van der Waals surface area contributed by atoms with Crippen molar-refractivity contribution in [2.75, 3.05) is 46.3 Å². The second-order valence-electron chi connectivity index (χ2n) is 8.71. The summed E-state index contributed by atoms with van der Waals surface area (Å²) < 4.78 is 79.0. The van der Waals surface area contributed by atoms with E-state index in [1.807, 2.05) is 30.3 Å². The molecule has 35 heavy (non-hydrogen) atoms. The van der Waals surface area contributed by atoms with E-state index < -0.39 is 29.5 Å². The number of halogens is 6. The van der Waals surface area contributed by atoms with E-state index in [0.29, 0.717) is 25.2 Å². The second kappa shape index (κ2) is 11.0. The van der Waals surface area contributed by atoms with E-state index in [2.05, 4.69) is 16.7 Å². The molecule has 1 aliphatic heterocycles. The molecule has 3 rings (SSSR count). The molecule has 1 fully saturated rings. The van der Waals surface area contributed by atoms with Crippen LogP contribution in [0.3, 0.4) is 0 Å². The summed E-state index contributed by atoms with van der Waals surface area (Å²) in [7, 11) is 1.53. The van der Waals surface area contributed by atoms with E-state index in [1.165, 1.54) is 11.9 Å². The van der Waals surface area contributed by atoms with Gasteiger partial charge in [-0.1, -0.05) is 37.3 Å². The molecule has 0 radical (unpaired) electrons. The Morgan fingerprint density at radius 2 is 1.46 bits per heavy atom. The van der Waals surface area contributed by atoms with E-state index in [4.69, 9.17) is 0 Å². The predicted octanol–water partition coefficient (Wildman–Crippen LogP) is 5.10. The van der Waals surface area contributed by atoms with Gasteiger partial charge < -0.3 is 9.80 Å². The average Bonchev–Trinajstić information content (AvgIpc) is 2.82. The van der Waals surface area contributed by atoms with Gasteiger partial charge in [-0.3, -0.25) is 9.69 Å². The zero-order chi connectivity index (χ0) is 25.8. The lowest BCUT2D eigenvalue weighted by Crippen LogP contribution is -2.51. The first kappa shape index (κ1) is 27.0. The van der Waals surface area contributed by atoms with Crippen LogP contribution in [0, 0.1) is 0 Å². The van der Waals surface area contributed by atoms with Crippen molar-refractivity contribution in [3.8, 4) is 0 Å². The summed E-state index contributed by atoms with van der Waals surface area (Å²) in [5, 5.41) is 0. The van der Waals surface area contributed by atoms with Gasteiger partial charge in [-0.15, -0.1) is 0 Å². The molecule has 0 N–H and O–H groups in total. The lowest BCUT2D eigenvalue weighted by atomic mass is 10.0. The fraction of sp³-hybridized carbons (Fsp3) is 0.480. The Morgan fingerprint density at radius 1 is 0.914 bits per heavy atom. The van der Waals surface area contributed by atoms with E-state index in [9.17, 15) is 31.1 Å². The highest BCUT2D eigenvalue weighted by molar-refractivity contribution is 5.83. The number of carbonyl (C=O) groups is 1. The van der Waals surface area contributed by atoms with Gasteiger partial charge in [0, 0.05) is 39.8 Å². The minimum absolute atomic E-state index is 0.0182. The highest BCUT2D eigenvalue weighted by Gasteiger charge is 2.37. The first-order valence-electron chi connectivity index (χ1n) is 11.4. The highest BCUT2D eigenvalue weighted by Crippen LogP contribution is 2.36. The van der Waals surface area contributed by atoms with Gasteiger partial charge in [-0.25, -0.2) is 0 Å². The molecule has 10 heteroatoms. The summed E-state index contributed by atoms with van der Waals surface area (Å²) >= 11 is 0. The molecule has 0 aliphatic carbocycles. The Bertz CT molecular complexity index is 953. The first-order chi connectivity index (χ1) is 16.4. The molecule has 1 aliphatic rings. The number of rotatable bonds is 7. The molecule has 1 unspecified atom stereocenters. The molecule has 1 amide bonds. The maximum absolute atomic E-state index is 13.5. The normalized spacial score (nSPS) is 16.8. The first-order valence-corrected chi connectivity index (χ1v) is 11.4. The Labute approximate surface area is 201 Å². The monoisotopic (exact) mass is 501 g/mol. The lowest BCUT2D eigenvalue weighted by Gasteiger charge is -2.39. The number of likely N-dealkylation sites (N-methyl/N-ethyl adjacent to an activating group) is 2. The minimum Gasteiger partial charge on any atom is -0.344 e. The van der Waals surface area contributed by atoms with Gasteiger partial charge in [0.25, 0.3) is 0 Å². The molecule has 2 aromatic rings. The van der Waals surface area contributed by atoms with Crippen molar-refractivity contribution in [2.45, 2.75) is 31.7 Å². The van der Waals surface area contributed by atoms with Crippen molar-refractivity contribution >= 4 is 5.91 Å².